The zero-order valence-corrected chi connectivity index (χ0v) is 41.0. The highest BCUT2D eigenvalue weighted by atomic mass is 16.5. The van der Waals surface area contributed by atoms with Crippen molar-refractivity contribution in [1.29, 1.82) is 0 Å². The van der Waals surface area contributed by atoms with Crippen LogP contribution in [0.3, 0.4) is 0 Å². The molecule has 6 nitrogen and oxygen atoms in total. The topological polar surface area (TPSA) is 95.9 Å². The normalized spacial score (nSPS) is 13.7. The van der Waals surface area contributed by atoms with Crippen molar-refractivity contribution in [3.05, 3.63) is 60.8 Å². The van der Waals surface area contributed by atoms with Crippen LogP contribution in [0.2, 0.25) is 0 Å². The molecule has 0 heterocycles. The van der Waals surface area contributed by atoms with Gasteiger partial charge in [0.05, 0.1) is 25.2 Å². The monoisotopic (exact) mass is 868 g/mol. The first-order valence-electron chi connectivity index (χ1n) is 26.5. The first-order valence-corrected chi connectivity index (χ1v) is 26.5. The van der Waals surface area contributed by atoms with Gasteiger partial charge in [0.2, 0.25) is 5.91 Å². The molecular weight excluding hydrogens is 767 g/mol. The minimum Gasteiger partial charge on any atom is -0.462 e. The van der Waals surface area contributed by atoms with Crippen molar-refractivity contribution in [3.8, 4) is 0 Å². The summed E-state index contributed by atoms with van der Waals surface area (Å²) in [4.78, 5) is 26.1. The molecule has 6 heteroatoms. The highest BCUT2D eigenvalue weighted by molar-refractivity contribution is 5.77. The van der Waals surface area contributed by atoms with E-state index in [4.69, 9.17) is 4.74 Å². The number of hydrogen-bond acceptors (Lipinski definition) is 5. The number of nitrogens with one attached hydrogen (secondary N) is 1. The third kappa shape index (κ3) is 44.2. The Kier molecular flexibility index (Phi) is 47.6. The molecule has 0 aliphatic rings. The van der Waals surface area contributed by atoms with E-state index in [-0.39, 0.29) is 31.3 Å². The van der Waals surface area contributed by atoms with E-state index in [0.717, 1.165) is 77.0 Å². The van der Waals surface area contributed by atoms with Crippen LogP contribution in [-0.4, -0.2) is 46.9 Å². The Bertz CT molecular complexity index is 1110. The van der Waals surface area contributed by atoms with Crippen molar-refractivity contribution in [3.63, 3.8) is 0 Å². The fourth-order valence-corrected chi connectivity index (χ4v) is 7.90. The number of rotatable bonds is 47. The number of amides is 1. The van der Waals surface area contributed by atoms with E-state index in [2.05, 4.69) is 80.8 Å². The largest absolute Gasteiger partial charge is 0.462 e. The predicted octanol–water partition coefficient (Wildman–Crippen LogP) is 16.0. The van der Waals surface area contributed by atoms with Gasteiger partial charge in [0.25, 0.3) is 0 Å². The summed E-state index contributed by atoms with van der Waals surface area (Å²) in [7, 11) is 0. The second-order valence-electron chi connectivity index (χ2n) is 18.0. The van der Waals surface area contributed by atoms with Crippen molar-refractivity contribution >= 4 is 11.9 Å². The molecule has 0 saturated heterocycles. The Balaban J connectivity index is 4.59. The summed E-state index contributed by atoms with van der Waals surface area (Å²) in [5.74, 6) is -0.573. The smallest absolute Gasteiger partial charge is 0.306 e. The van der Waals surface area contributed by atoms with E-state index >= 15 is 0 Å². The van der Waals surface area contributed by atoms with Crippen LogP contribution in [0.15, 0.2) is 60.8 Å². The van der Waals surface area contributed by atoms with E-state index in [9.17, 15) is 19.8 Å². The van der Waals surface area contributed by atoms with Crippen LogP contribution >= 0.6 is 0 Å². The third-order valence-corrected chi connectivity index (χ3v) is 11.9. The molecule has 360 valence electrons. The minimum atomic E-state index is -0.803. The van der Waals surface area contributed by atoms with E-state index < -0.39 is 18.2 Å². The maximum atomic E-state index is 13.2. The van der Waals surface area contributed by atoms with Gasteiger partial charge in [0.15, 0.2) is 0 Å². The average Bonchev–Trinajstić information content (AvgIpc) is 3.26. The van der Waals surface area contributed by atoms with E-state index in [1.165, 1.54) is 128 Å². The highest BCUT2D eigenvalue weighted by Crippen LogP contribution is 2.18. The molecule has 0 spiro atoms. The molecule has 0 aromatic rings. The summed E-state index contributed by atoms with van der Waals surface area (Å²) in [5.41, 5.74) is 0. The number of ether oxygens (including phenoxy) is 1. The van der Waals surface area contributed by atoms with Crippen molar-refractivity contribution in [1.82, 2.24) is 5.32 Å². The van der Waals surface area contributed by atoms with Crippen LogP contribution in [0, 0.1) is 0 Å². The van der Waals surface area contributed by atoms with Crippen LogP contribution < -0.4 is 5.32 Å². The van der Waals surface area contributed by atoms with Crippen molar-refractivity contribution in [2.45, 2.75) is 277 Å². The van der Waals surface area contributed by atoms with Gasteiger partial charge in [-0.3, -0.25) is 9.59 Å². The van der Waals surface area contributed by atoms with Gasteiger partial charge in [-0.1, -0.05) is 242 Å². The zero-order valence-electron chi connectivity index (χ0n) is 41.0. The molecule has 3 unspecified atom stereocenters. The third-order valence-electron chi connectivity index (χ3n) is 11.9. The van der Waals surface area contributed by atoms with Gasteiger partial charge in [-0.25, -0.2) is 0 Å². The standard InChI is InChI=1S/C56H101NO5/c1-4-7-10-13-16-19-22-25-26-27-28-31-33-36-39-42-45-48-54(59)53(51-58)57-55(60)50-52(47-44-41-38-35-32-29-23-20-17-14-11-8-5-2)62-56(61)49-46-43-40-37-34-30-24-21-18-15-12-9-6-3/h8,11,14,17,20,23,30,34,40,43,52-54,58-59H,4-7,9-10,12-13,15-16,18-19,21-22,24-29,31-33,35-39,41-42,44-51H2,1-3H3,(H,57,60)/b11-8+,17-14+,23-20+,34-30-,43-40+. The van der Waals surface area contributed by atoms with Gasteiger partial charge in [0, 0.05) is 6.42 Å². The molecule has 0 bridgehead atoms. The predicted molar refractivity (Wildman–Crippen MR) is 268 cm³/mol. The van der Waals surface area contributed by atoms with Gasteiger partial charge in [-0.15, -0.1) is 0 Å². The molecular formula is C56H101NO5. The van der Waals surface area contributed by atoms with Crippen LogP contribution in [-0.2, 0) is 14.3 Å². The molecule has 0 rings (SSSR count). The lowest BCUT2D eigenvalue weighted by Gasteiger charge is -2.24. The quantitative estimate of drug-likeness (QED) is 0.0245. The molecule has 0 aliphatic heterocycles. The number of hydrogen-bond donors (Lipinski definition) is 3. The molecule has 0 aliphatic carbocycles. The lowest BCUT2D eigenvalue weighted by atomic mass is 10.0. The molecule has 0 radical (unpaired) electrons. The zero-order chi connectivity index (χ0) is 45.2. The molecule has 62 heavy (non-hydrogen) atoms. The maximum Gasteiger partial charge on any atom is 0.306 e. The molecule has 0 aromatic carbocycles. The number of unbranched alkanes of at least 4 members (excludes halogenated alkanes) is 27. The summed E-state index contributed by atoms with van der Waals surface area (Å²) in [6, 6.07) is -0.720. The Labute approximate surface area is 384 Å². The summed E-state index contributed by atoms with van der Waals surface area (Å²) in [5, 5.41) is 23.8. The fraction of sp³-hybridized carbons (Fsp3) is 0.786. The second-order valence-corrected chi connectivity index (χ2v) is 18.0. The fourth-order valence-electron chi connectivity index (χ4n) is 7.90. The van der Waals surface area contributed by atoms with Crippen LogP contribution in [0.1, 0.15) is 258 Å². The van der Waals surface area contributed by atoms with Gasteiger partial charge in [-0.05, 0) is 64.2 Å². The molecule has 3 atom stereocenters. The SMILES string of the molecule is CC/C=C/C=C/C=C/CCCCCCCC(CC(=O)NC(CO)C(O)CCCCCCCCCCCCCCCCCCC)OC(=O)CC/C=C/C/C=C\CCCCCCCC. The van der Waals surface area contributed by atoms with Crippen LogP contribution in [0.4, 0.5) is 0 Å². The first-order chi connectivity index (χ1) is 30.5. The number of aliphatic hydroxyl groups is 2. The lowest BCUT2D eigenvalue weighted by Crippen LogP contribution is -2.46. The second kappa shape index (κ2) is 49.6. The number of carbonyl (C=O) groups is 2. The number of aliphatic hydroxyl groups excluding tert-OH is 2. The number of esters is 1. The summed E-state index contributed by atoms with van der Waals surface area (Å²) in [6.07, 6.45) is 61.5. The number of allylic oxidation sites excluding steroid dienone is 10. The van der Waals surface area contributed by atoms with Crippen LogP contribution in [0.25, 0.3) is 0 Å². The summed E-state index contributed by atoms with van der Waals surface area (Å²) < 4.78 is 5.88. The maximum absolute atomic E-state index is 13.2. The van der Waals surface area contributed by atoms with Crippen LogP contribution in [0.5, 0.6) is 0 Å². The first kappa shape index (κ1) is 59.6. The summed E-state index contributed by atoms with van der Waals surface area (Å²) in [6.45, 7) is 6.34. The van der Waals surface area contributed by atoms with E-state index in [0.29, 0.717) is 19.3 Å². The average molecular weight is 868 g/mol. The van der Waals surface area contributed by atoms with Crippen molar-refractivity contribution < 1.29 is 24.5 Å². The number of carbonyl (C=O) groups excluding carboxylic acids is 2. The Hall–Kier alpha value is -2.44. The molecule has 0 saturated carbocycles. The molecule has 0 aromatic heterocycles. The van der Waals surface area contributed by atoms with Gasteiger partial charge in [0.1, 0.15) is 6.10 Å². The Morgan fingerprint density at radius 1 is 0.500 bits per heavy atom. The lowest BCUT2D eigenvalue weighted by molar-refractivity contribution is -0.150. The molecule has 3 N–H and O–H groups in total. The summed E-state index contributed by atoms with van der Waals surface area (Å²) >= 11 is 0. The van der Waals surface area contributed by atoms with E-state index in [1.54, 1.807) is 0 Å². The van der Waals surface area contributed by atoms with Gasteiger partial charge in [-0.2, -0.15) is 0 Å². The van der Waals surface area contributed by atoms with Gasteiger partial charge < -0.3 is 20.3 Å². The molecule has 1 amide bonds. The minimum absolute atomic E-state index is 0.0408. The highest BCUT2D eigenvalue weighted by Gasteiger charge is 2.24. The van der Waals surface area contributed by atoms with E-state index in [1.807, 2.05) is 6.08 Å². The molecule has 0 fully saturated rings. The van der Waals surface area contributed by atoms with Crippen molar-refractivity contribution in [2.75, 3.05) is 6.61 Å². The van der Waals surface area contributed by atoms with Crippen molar-refractivity contribution in [2.24, 2.45) is 0 Å². The Morgan fingerprint density at radius 3 is 1.44 bits per heavy atom. The Morgan fingerprint density at radius 2 is 0.935 bits per heavy atom. The van der Waals surface area contributed by atoms with Gasteiger partial charge >= 0.3 is 5.97 Å².